The van der Waals surface area contributed by atoms with E-state index in [1.54, 1.807) is 24.3 Å². The van der Waals surface area contributed by atoms with Crippen molar-refractivity contribution in [3.63, 3.8) is 0 Å². The van der Waals surface area contributed by atoms with Crippen LogP contribution in [0.5, 0.6) is 0 Å². The van der Waals surface area contributed by atoms with Crippen LogP contribution in [0.2, 0.25) is 0 Å². The van der Waals surface area contributed by atoms with Crippen molar-refractivity contribution in [2.45, 2.75) is 16.6 Å². The summed E-state index contributed by atoms with van der Waals surface area (Å²) in [6.07, 6.45) is -4.49. The van der Waals surface area contributed by atoms with Gasteiger partial charge >= 0.3 is 6.18 Å². The minimum Gasteiger partial charge on any atom is -0.325 e. The molecule has 0 aliphatic heterocycles. The predicted molar refractivity (Wildman–Crippen MR) is 115 cm³/mol. The number of H-pyrrole nitrogens is 1. The number of nitrogens with one attached hydrogen (secondary N) is 2. The van der Waals surface area contributed by atoms with Gasteiger partial charge in [-0.05, 0) is 35.2 Å². The highest BCUT2D eigenvalue weighted by Crippen LogP contribution is 2.36. The fourth-order valence-electron chi connectivity index (χ4n) is 2.81. The van der Waals surface area contributed by atoms with Gasteiger partial charge in [-0.25, -0.2) is 4.98 Å². The number of aromatic nitrogens is 3. The van der Waals surface area contributed by atoms with Gasteiger partial charge in [-0.3, -0.25) is 9.89 Å². The van der Waals surface area contributed by atoms with Gasteiger partial charge < -0.3 is 5.32 Å². The standard InChI is InChI=1S/C21H15F3N4OS2/c22-21(23,24)14-8-4-9-15(12-14)25-19(29)17(13-6-2-1-3-7-13)31-20-26-18(27-28-20)16-10-5-11-30-16/h1-12,17H,(H,25,29)(H,26,27,28). The molecule has 10 heteroatoms. The fraction of sp³-hybridized carbons (Fsp3) is 0.0952. The molecule has 0 bridgehead atoms. The summed E-state index contributed by atoms with van der Waals surface area (Å²) in [5.41, 5.74) is -0.0844. The zero-order valence-corrected chi connectivity index (χ0v) is 17.4. The van der Waals surface area contributed by atoms with E-state index in [4.69, 9.17) is 0 Å². The third kappa shape index (κ3) is 5.15. The Balaban J connectivity index is 1.58. The molecule has 5 nitrogen and oxygen atoms in total. The molecule has 1 atom stereocenters. The highest BCUT2D eigenvalue weighted by atomic mass is 32.2. The Morgan fingerprint density at radius 1 is 1.06 bits per heavy atom. The van der Waals surface area contributed by atoms with Crippen molar-refractivity contribution >= 4 is 34.7 Å². The number of benzene rings is 2. The first kappa shape index (κ1) is 21.1. The molecule has 0 spiro atoms. The lowest BCUT2D eigenvalue weighted by molar-refractivity contribution is -0.137. The topological polar surface area (TPSA) is 70.7 Å². The summed E-state index contributed by atoms with van der Waals surface area (Å²) in [5, 5.41) is 11.1. The smallest absolute Gasteiger partial charge is 0.325 e. The minimum atomic E-state index is -4.49. The van der Waals surface area contributed by atoms with Crippen LogP contribution in [0.15, 0.2) is 77.3 Å². The van der Waals surface area contributed by atoms with E-state index in [-0.39, 0.29) is 5.69 Å². The third-order valence-corrected chi connectivity index (χ3v) is 6.23. The molecule has 0 aliphatic rings. The molecule has 2 aromatic carbocycles. The monoisotopic (exact) mass is 460 g/mol. The number of alkyl halides is 3. The van der Waals surface area contributed by atoms with Gasteiger partial charge in [0.25, 0.3) is 0 Å². The largest absolute Gasteiger partial charge is 0.416 e. The molecule has 0 saturated heterocycles. The average Bonchev–Trinajstić information content (AvgIpc) is 3.44. The quantitative estimate of drug-likeness (QED) is 0.345. The van der Waals surface area contributed by atoms with Crippen LogP contribution in [0.1, 0.15) is 16.4 Å². The second kappa shape index (κ2) is 8.94. The van der Waals surface area contributed by atoms with E-state index in [2.05, 4.69) is 20.5 Å². The first-order valence-corrected chi connectivity index (χ1v) is 10.8. The SMILES string of the molecule is O=C(Nc1cccc(C(F)(F)F)c1)C(Sc1n[nH]c(-c2cccs2)n1)c1ccccc1. The Labute approximate surface area is 183 Å². The molecule has 158 valence electrons. The number of rotatable bonds is 6. The van der Waals surface area contributed by atoms with Gasteiger partial charge in [-0.15, -0.1) is 16.4 Å². The van der Waals surface area contributed by atoms with Gasteiger partial charge in [0.1, 0.15) is 5.25 Å². The van der Waals surface area contributed by atoms with Gasteiger partial charge in [-0.2, -0.15) is 13.2 Å². The maximum atomic E-state index is 13.0. The van der Waals surface area contributed by atoms with E-state index >= 15 is 0 Å². The summed E-state index contributed by atoms with van der Waals surface area (Å²) in [5.74, 6) is 0.112. The number of thiophene rings is 1. The Morgan fingerprint density at radius 2 is 1.87 bits per heavy atom. The highest BCUT2D eigenvalue weighted by Gasteiger charge is 2.31. The predicted octanol–water partition coefficient (Wildman–Crippen LogP) is 6.02. The lowest BCUT2D eigenvalue weighted by atomic mass is 10.1. The maximum Gasteiger partial charge on any atom is 0.416 e. The van der Waals surface area contributed by atoms with Crippen LogP contribution in [-0.2, 0) is 11.0 Å². The highest BCUT2D eigenvalue weighted by molar-refractivity contribution is 8.00. The van der Waals surface area contributed by atoms with Gasteiger partial charge in [0, 0.05) is 5.69 Å². The first-order chi connectivity index (χ1) is 14.9. The van der Waals surface area contributed by atoms with Crippen LogP contribution < -0.4 is 5.32 Å². The second-order valence-corrected chi connectivity index (χ2v) is 8.44. The average molecular weight is 461 g/mol. The van der Waals surface area contributed by atoms with E-state index in [0.29, 0.717) is 16.5 Å². The zero-order chi connectivity index (χ0) is 21.8. The number of anilines is 1. The summed E-state index contributed by atoms with van der Waals surface area (Å²) in [4.78, 5) is 18.4. The van der Waals surface area contributed by atoms with Crippen molar-refractivity contribution in [3.8, 4) is 10.7 Å². The fourth-order valence-corrected chi connectivity index (χ4v) is 4.39. The number of carbonyl (C=O) groups excluding carboxylic acids is 1. The van der Waals surface area contributed by atoms with E-state index in [9.17, 15) is 18.0 Å². The first-order valence-electron chi connectivity index (χ1n) is 9.06. The van der Waals surface area contributed by atoms with Crippen LogP contribution in [0.25, 0.3) is 10.7 Å². The molecule has 2 heterocycles. The number of carbonyl (C=O) groups is 1. The second-order valence-electron chi connectivity index (χ2n) is 6.42. The molecular formula is C21H15F3N4OS2. The van der Waals surface area contributed by atoms with Crippen LogP contribution in [0.4, 0.5) is 18.9 Å². The molecule has 0 saturated carbocycles. The number of hydrogen-bond donors (Lipinski definition) is 2. The molecule has 2 aromatic heterocycles. The number of amides is 1. The molecule has 1 amide bonds. The summed E-state index contributed by atoms with van der Waals surface area (Å²) >= 11 is 2.62. The van der Waals surface area contributed by atoms with Gasteiger partial charge in [0.05, 0.1) is 10.4 Å². The molecular weight excluding hydrogens is 445 g/mol. The number of aromatic amines is 1. The Kier molecular flexibility index (Phi) is 6.10. The number of thioether (sulfide) groups is 1. The number of nitrogens with zero attached hydrogens (tertiary/aromatic N) is 2. The van der Waals surface area contributed by atoms with E-state index < -0.39 is 22.9 Å². The van der Waals surface area contributed by atoms with Crippen LogP contribution >= 0.6 is 23.1 Å². The van der Waals surface area contributed by atoms with Gasteiger partial charge in [0.15, 0.2) is 5.82 Å². The van der Waals surface area contributed by atoms with Crippen LogP contribution in [-0.4, -0.2) is 21.1 Å². The maximum absolute atomic E-state index is 13.0. The lowest BCUT2D eigenvalue weighted by Crippen LogP contribution is -2.19. The molecule has 4 aromatic rings. The van der Waals surface area contributed by atoms with Crippen molar-refractivity contribution < 1.29 is 18.0 Å². The Morgan fingerprint density at radius 3 is 2.58 bits per heavy atom. The number of hydrogen-bond acceptors (Lipinski definition) is 5. The Bertz CT molecular complexity index is 1160. The van der Waals surface area contributed by atoms with E-state index in [0.717, 1.165) is 28.8 Å². The Hall–Kier alpha value is -3.11. The summed E-state index contributed by atoms with van der Waals surface area (Å²) < 4.78 is 39.0. The molecule has 0 radical (unpaired) electrons. The van der Waals surface area contributed by atoms with Crippen molar-refractivity contribution in [3.05, 3.63) is 83.2 Å². The molecule has 2 N–H and O–H groups in total. The van der Waals surface area contributed by atoms with Crippen molar-refractivity contribution in [2.24, 2.45) is 0 Å². The van der Waals surface area contributed by atoms with Crippen molar-refractivity contribution in [1.29, 1.82) is 0 Å². The van der Waals surface area contributed by atoms with E-state index in [1.807, 2.05) is 23.6 Å². The van der Waals surface area contributed by atoms with Crippen molar-refractivity contribution in [1.82, 2.24) is 15.2 Å². The molecule has 0 aliphatic carbocycles. The molecule has 4 rings (SSSR count). The number of halogens is 3. The van der Waals surface area contributed by atoms with Gasteiger partial charge in [0.2, 0.25) is 11.1 Å². The summed E-state index contributed by atoms with van der Waals surface area (Å²) in [6, 6.07) is 17.3. The third-order valence-electron chi connectivity index (χ3n) is 4.24. The van der Waals surface area contributed by atoms with Crippen LogP contribution in [0.3, 0.4) is 0 Å². The van der Waals surface area contributed by atoms with E-state index in [1.165, 1.54) is 23.5 Å². The summed E-state index contributed by atoms with van der Waals surface area (Å²) in [6.45, 7) is 0. The summed E-state index contributed by atoms with van der Waals surface area (Å²) in [7, 11) is 0. The molecule has 0 fully saturated rings. The lowest BCUT2D eigenvalue weighted by Gasteiger charge is -2.16. The minimum absolute atomic E-state index is 0.0654. The molecule has 31 heavy (non-hydrogen) atoms. The molecule has 1 unspecified atom stereocenters. The van der Waals surface area contributed by atoms with Crippen molar-refractivity contribution in [2.75, 3.05) is 5.32 Å². The normalized spacial score (nSPS) is 12.5. The van der Waals surface area contributed by atoms with Crippen LogP contribution in [0, 0.1) is 0 Å². The zero-order valence-electron chi connectivity index (χ0n) is 15.8. The van der Waals surface area contributed by atoms with Gasteiger partial charge in [-0.1, -0.05) is 54.2 Å².